The molecule has 0 radical (unpaired) electrons. The van der Waals surface area contributed by atoms with E-state index >= 15 is 0 Å². The van der Waals surface area contributed by atoms with Crippen molar-refractivity contribution in [1.82, 2.24) is 5.32 Å². The van der Waals surface area contributed by atoms with E-state index in [1.165, 1.54) is 16.7 Å². The molecule has 0 aromatic carbocycles. The van der Waals surface area contributed by atoms with E-state index in [1.54, 1.807) is 0 Å². The molecule has 1 N–H and O–H groups in total. The molecule has 16 heavy (non-hydrogen) atoms. The second kappa shape index (κ2) is 5.35. The number of rotatable bonds is 4. The van der Waals surface area contributed by atoms with E-state index in [9.17, 15) is 0 Å². The fraction of sp³-hybridized carbons (Fsp3) is 0.571. The van der Waals surface area contributed by atoms with Crippen molar-refractivity contribution < 1.29 is 4.42 Å². The predicted octanol–water partition coefficient (Wildman–Crippen LogP) is 3.82. The molecular weight excluding hydrogens is 198 g/mol. The van der Waals surface area contributed by atoms with Gasteiger partial charge in [0.1, 0.15) is 11.5 Å². The van der Waals surface area contributed by atoms with Gasteiger partial charge in [-0.15, -0.1) is 0 Å². The van der Waals surface area contributed by atoms with Crippen LogP contribution in [0.3, 0.4) is 0 Å². The zero-order valence-corrected chi connectivity index (χ0v) is 11.3. The molecule has 90 valence electrons. The van der Waals surface area contributed by atoms with E-state index in [0.29, 0.717) is 0 Å². The first-order chi connectivity index (χ1) is 7.47. The monoisotopic (exact) mass is 221 g/mol. The molecule has 0 spiro atoms. The van der Waals surface area contributed by atoms with Crippen molar-refractivity contribution in [1.29, 1.82) is 0 Å². The van der Waals surface area contributed by atoms with Gasteiger partial charge in [0.2, 0.25) is 0 Å². The average molecular weight is 221 g/mol. The highest BCUT2D eigenvalue weighted by Crippen LogP contribution is 2.28. The SMILES string of the molecule is CCNC(C=C(C)C)c1c(C)oc(C)c1C. The van der Waals surface area contributed by atoms with Crippen LogP contribution in [-0.4, -0.2) is 6.54 Å². The molecule has 0 saturated heterocycles. The summed E-state index contributed by atoms with van der Waals surface area (Å²) in [6.07, 6.45) is 2.26. The number of hydrogen-bond donors (Lipinski definition) is 1. The lowest BCUT2D eigenvalue weighted by Gasteiger charge is -2.15. The first-order valence-corrected chi connectivity index (χ1v) is 5.92. The third kappa shape index (κ3) is 2.76. The van der Waals surface area contributed by atoms with Crippen molar-refractivity contribution in [3.8, 4) is 0 Å². The third-order valence-electron chi connectivity index (χ3n) is 2.85. The summed E-state index contributed by atoms with van der Waals surface area (Å²) in [4.78, 5) is 0. The number of hydrogen-bond acceptors (Lipinski definition) is 2. The molecule has 1 atom stereocenters. The second-order valence-corrected chi connectivity index (χ2v) is 4.53. The van der Waals surface area contributed by atoms with Crippen LogP contribution in [0, 0.1) is 20.8 Å². The lowest BCUT2D eigenvalue weighted by molar-refractivity contribution is 0.495. The molecule has 1 heterocycles. The second-order valence-electron chi connectivity index (χ2n) is 4.53. The van der Waals surface area contributed by atoms with Gasteiger partial charge in [-0.05, 0) is 46.7 Å². The van der Waals surface area contributed by atoms with Crippen LogP contribution in [0.4, 0.5) is 0 Å². The molecule has 1 aromatic heterocycles. The van der Waals surface area contributed by atoms with Crippen molar-refractivity contribution in [2.24, 2.45) is 0 Å². The minimum atomic E-state index is 0.271. The normalized spacial score (nSPS) is 12.6. The Kier molecular flexibility index (Phi) is 4.36. The maximum absolute atomic E-state index is 5.68. The summed E-state index contributed by atoms with van der Waals surface area (Å²) in [5, 5.41) is 3.49. The van der Waals surface area contributed by atoms with Gasteiger partial charge in [0.05, 0.1) is 6.04 Å². The minimum absolute atomic E-state index is 0.271. The van der Waals surface area contributed by atoms with E-state index < -0.39 is 0 Å². The Morgan fingerprint density at radius 3 is 2.25 bits per heavy atom. The van der Waals surface area contributed by atoms with Gasteiger partial charge in [-0.25, -0.2) is 0 Å². The summed E-state index contributed by atoms with van der Waals surface area (Å²) in [6, 6.07) is 0.271. The lowest BCUT2D eigenvalue weighted by Crippen LogP contribution is -2.20. The summed E-state index contributed by atoms with van der Waals surface area (Å²) in [5.41, 5.74) is 3.88. The van der Waals surface area contributed by atoms with Crippen LogP contribution in [0.25, 0.3) is 0 Å². The molecule has 0 aliphatic heterocycles. The summed E-state index contributed by atoms with van der Waals surface area (Å²) in [6.45, 7) is 13.5. The smallest absolute Gasteiger partial charge is 0.106 e. The fourth-order valence-electron chi connectivity index (χ4n) is 2.06. The molecule has 0 amide bonds. The highest BCUT2D eigenvalue weighted by Gasteiger charge is 2.18. The molecule has 1 aromatic rings. The Labute approximate surface area is 98.7 Å². The number of furan rings is 1. The van der Waals surface area contributed by atoms with Gasteiger partial charge in [0, 0.05) is 5.56 Å². The minimum Gasteiger partial charge on any atom is -0.466 e. The maximum Gasteiger partial charge on any atom is 0.106 e. The van der Waals surface area contributed by atoms with E-state index in [-0.39, 0.29) is 6.04 Å². The molecule has 0 aliphatic carbocycles. The lowest BCUT2D eigenvalue weighted by atomic mass is 10.0. The van der Waals surface area contributed by atoms with Gasteiger partial charge >= 0.3 is 0 Å². The zero-order chi connectivity index (χ0) is 12.3. The topological polar surface area (TPSA) is 25.2 Å². The Morgan fingerprint density at radius 1 is 1.25 bits per heavy atom. The summed E-state index contributed by atoms with van der Waals surface area (Å²) in [5.74, 6) is 2.05. The van der Waals surface area contributed by atoms with Gasteiger partial charge in [-0.1, -0.05) is 18.6 Å². The van der Waals surface area contributed by atoms with Crippen LogP contribution in [-0.2, 0) is 0 Å². The van der Waals surface area contributed by atoms with Crippen LogP contribution < -0.4 is 5.32 Å². The third-order valence-corrected chi connectivity index (χ3v) is 2.85. The number of nitrogens with one attached hydrogen (secondary N) is 1. The van der Waals surface area contributed by atoms with Crippen LogP contribution >= 0.6 is 0 Å². The van der Waals surface area contributed by atoms with E-state index in [0.717, 1.165) is 18.1 Å². The van der Waals surface area contributed by atoms with Crippen molar-refractivity contribution in [3.05, 3.63) is 34.3 Å². The molecule has 0 fully saturated rings. The van der Waals surface area contributed by atoms with E-state index in [1.807, 2.05) is 13.8 Å². The van der Waals surface area contributed by atoms with Gasteiger partial charge in [0.15, 0.2) is 0 Å². The average Bonchev–Trinajstić information content (AvgIpc) is 2.40. The molecule has 1 unspecified atom stereocenters. The van der Waals surface area contributed by atoms with Crippen LogP contribution in [0.2, 0.25) is 0 Å². The van der Waals surface area contributed by atoms with Crippen LogP contribution in [0.5, 0.6) is 0 Å². The van der Waals surface area contributed by atoms with Gasteiger partial charge in [-0.2, -0.15) is 0 Å². The van der Waals surface area contributed by atoms with Crippen molar-refractivity contribution >= 4 is 0 Å². The highest BCUT2D eigenvalue weighted by atomic mass is 16.3. The molecule has 0 saturated carbocycles. The number of allylic oxidation sites excluding steroid dienone is 1. The van der Waals surface area contributed by atoms with Gasteiger partial charge in [0.25, 0.3) is 0 Å². The molecule has 0 bridgehead atoms. The molecule has 2 heteroatoms. The maximum atomic E-state index is 5.68. The Hall–Kier alpha value is -1.02. The van der Waals surface area contributed by atoms with Gasteiger partial charge < -0.3 is 9.73 Å². The van der Waals surface area contributed by atoms with Crippen LogP contribution in [0.1, 0.15) is 49.5 Å². The zero-order valence-electron chi connectivity index (χ0n) is 11.3. The summed E-state index contributed by atoms with van der Waals surface area (Å²) >= 11 is 0. The quantitative estimate of drug-likeness (QED) is 0.782. The number of aryl methyl sites for hydroxylation is 2. The molecular formula is C14H23NO. The standard InChI is InChI=1S/C14H23NO/c1-7-15-13(8-9(2)3)14-10(4)11(5)16-12(14)6/h8,13,15H,7H2,1-6H3. The Balaban J connectivity index is 3.15. The number of likely N-dealkylation sites (N-methyl/N-ethyl adjacent to an activating group) is 1. The van der Waals surface area contributed by atoms with Crippen molar-refractivity contribution in [2.45, 2.75) is 47.6 Å². The Bertz CT molecular complexity index is 384. The molecule has 2 nitrogen and oxygen atoms in total. The first kappa shape index (κ1) is 13.0. The predicted molar refractivity (Wildman–Crippen MR) is 68.8 cm³/mol. The van der Waals surface area contributed by atoms with E-state index in [2.05, 4.69) is 39.1 Å². The largest absolute Gasteiger partial charge is 0.466 e. The van der Waals surface area contributed by atoms with Crippen molar-refractivity contribution in [2.75, 3.05) is 6.54 Å². The van der Waals surface area contributed by atoms with Crippen LogP contribution in [0.15, 0.2) is 16.1 Å². The first-order valence-electron chi connectivity index (χ1n) is 5.92. The summed E-state index contributed by atoms with van der Waals surface area (Å²) < 4.78 is 5.68. The molecule has 1 rings (SSSR count). The highest BCUT2D eigenvalue weighted by molar-refractivity contribution is 5.37. The summed E-state index contributed by atoms with van der Waals surface area (Å²) in [7, 11) is 0. The van der Waals surface area contributed by atoms with Gasteiger partial charge in [-0.3, -0.25) is 0 Å². The van der Waals surface area contributed by atoms with E-state index in [4.69, 9.17) is 4.42 Å². The fourth-order valence-corrected chi connectivity index (χ4v) is 2.06. The van der Waals surface area contributed by atoms with Crippen molar-refractivity contribution in [3.63, 3.8) is 0 Å². The molecule has 0 aliphatic rings. The Morgan fingerprint density at radius 2 is 1.88 bits per heavy atom.